The summed E-state index contributed by atoms with van der Waals surface area (Å²) in [5.74, 6) is -0.0878. The second-order valence-corrected chi connectivity index (χ2v) is 7.32. The third-order valence-electron chi connectivity index (χ3n) is 5.61. The number of Topliss-reactive ketones (excluding diaryl/α,β-unsaturated/α-hetero) is 1. The topological polar surface area (TPSA) is 80.0 Å². The quantitative estimate of drug-likeness (QED) is 0.361. The van der Waals surface area contributed by atoms with Gasteiger partial charge in [0.2, 0.25) is 0 Å². The van der Waals surface area contributed by atoms with Crippen molar-refractivity contribution in [2.75, 3.05) is 7.11 Å². The van der Waals surface area contributed by atoms with Gasteiger partial charge in [-0.25, -0.2) is 0 Å². The fourth-order valence-electron chi connectivity index (χ4n) is 4.15. The van der Waals surface area contributed by atoms with Crippen molar-refractivity contribution in [3.05, 3.63) is 71.7 Å². The molecule has 0 saturated carbocycles. The number of ketones is 1. The van der Waals surface area contributed by atoms with E-state index in [1.165, 1.54) is 0 Å². The summed E-state index contributed by atoms with van der Waals surface area (Å²) in [7, 11) is 1.56. The normalized spacial score (nSPS) is 23.6. The Hall–Kier alpha value is -3.28. The standard InChI is InChI=1S/C23H23NO5/c1-28-17-11-9-16(10-12-17)21(25)19-20(15-6-3-2-4-7-15)24(23(27)22(19)26)14-18-8-5-13-29-18/h2-3,5,8-13,15,20,25H,4,6-7,14H2,1H3/b21-19+. The van der Waals surface area contributed by atoms with Gasteiger partial charge in [0.25, 0.3) is 11.7 Å². The van der Waals surface area contributed by atoms with E-state index in [1.807, 2.05) is 0 Å². The number of allylic oxidation sites excluding steroid dienone is 2. The molecule has 0 bridgehead atoms. The molecule has 1 amide bonds. The third kappa shape index (κ3) is 3.58. The minimum atomic E-state index is -0.649. The number of aliphatic hydroxyl groups excluding tert-OH is 1. The van der Waals surface area contributed by atoms with Gasteiger partial charge in [0.05, 0.1) is 31.5 Å². The molecule has 1 saturated heterocycles. The Labute approximate surface area is 169 Å². The van der Waals surface area contributed by atoms with Crippen LogP contribution in [0, 0.1) is 5.92 Å². The number of amides is 1. The summed E-state index contributed by atoms with van der Waals surface area (Å²) in [6, 6.07) is 9.84. The van der Waals surface area contributed by atoms with Crippen LogP contribution in [0.15, 0.2) is 64.8 Å². The fourth-order valence-corrected chi connectivity index (χ4v) is 4.15. The molecule has 1 N–H and O–H groups in total. The smallest absolute Gasteiger partial charge is 0.295 e. The first-order valence-electron chi connectivity index (χ1n) is 9.70. The maximum absolute atomic E-state index is 13.0. The zero-order valence-electron chi connectivity index (χ0n) is 16.2. The van der Waals surface area contributed by atoms with Crippen molar-refractivity contribution in [3.63, 3.8) is 0 Å². The van der Waals surface area contributed by atoms with Crippen LogP contribution in [-0.4, -0.2) is 34.8 Å². The van der Waals surface area contributed by atoms with E-state index in [0.29, 0.717) is 17.1 Å². The van der Waals surface area contributed by atoms with Crippen LogP contribution in [0.4, 0.5) is 0 Å². The number of methoxy groups -OCH3 is 1. The van der Waals surface area contributed by atoms with Crippen LogP contribution in [0.5, 0.6) is 5.75 Å². The molecule has 1 aromatic heterocycles. The minimum absolute atomic E-state index is 0.0563. The predicted molar refractivity (Wildman–Crippen MR) is 107 cm³/mol. The lowest BCUT2D eigenvalue weighted by Gasteiger charge is -2.32. The number of aliphatic hydroxyl groups is 1. The van der Waals surface area contributed by atoms with Gasteiger partial charge in [-0.05, 0) is 61.6 Å². The molecule has 2 unspecified atom stereocenters. The highest BCUT2D eigenvalue weighted by Crippen LogP contribution is 2.38. The number of likely N-dealkylation sites (tertiary alicyclic amines) is 1. The molecule has 2 aliphatic rings. The number of carbonyl (C=O) groups excluding carboxylic acids is 2. The molecule has 4 rings (SSSR count). The number of rotatable bonds is 5. The molecular formula is C23H23NO5. The Bertz CT molecular complexity index is 956. The molecule has 1 fully saturated rings. The van der Waals surface area contributed by atoms with Crippen molar-refractivity contribution < 1.29 is 23.8 Å². The van der Waals surface area contributed by atoms with Crippen molar-refractivity contribution in [1.29, 1.82) is 0 Å². The minimum Gasteiger partial charge on any atom is -0.507 e. The molecule has 29 heavy (non-hydrogen) atoms. The first-order valence-corrected chi connectivity index (χ1v) is 9.70. The van der Waals surface area contributed by atoms with Crippen molar-refractivity contribution in [2.45, 2.75) is 31.8 Å². The molecule has 1 aromatic carbocycles. The number of carbonyl (C=O) groups is 2. The van der Waals surface area contributed by atoms with Gasteiger partial charge in [0.15, 0.2) is 0 Å². The van der Waals surface area contributed by atoms with Gasteiger partial charge >= 0.3 is 0 Å². The number of furan rings is 1. The van der Waals surface area contributed by atoms with E-state index < -0.39 is 17.7 Å². The Balaban J connectivity index is 1.77. The van der Waals surface area contributed by atoms with Crippen LogP contribution in [0.1, 0.15) is 30.6 Å². The van der Waals surface area contributed by atoms with Gasteiger partial charge in [-0.3, -0.25) is 9.59 Å². The number of nitrogens with zero attached hydrogens (tertiary/aromatic N) is 1. The highest BCUT2D eigenvalue weighted by molar-refractivity contribution is 6.46. The largest absolute Gasteiger partial charge is 0.507 e. The number of hydrogen-bond donors (Lipinski definition) is 1. The summed E-state index contributed by atoms with van der Waals surface area (Å²) in [4.78, 5) is 27.4. The monoisotopic (exact) mass is 393 g/mol. The van der Waals surface area contributed by atoms with E-state index in [1.54, 1.807) is 54.7 Å². The SMILES string of the molecule is COc1ccc(/C(O)=C2\C(=O)C(=O)N(Cc3ccco3)C2C2CC=CCC2)cc1. The van der Waals surface area contributed by atoms with Gasteiger partial charge in [-0.1, -0.05) is 12.2 Å². The number of hydrogen-bond acceptors (Lipinski definition) is 5. The summed E-state index contributed by atoms with van der Waals surface area (Å²) in [6.45, 7) is 0.196. The molecular weight excluding hydrogens is 370 g/mol. The van der Waals surface area contributed by atoms with E-state index in [0.717, 1.165) is 19.3 Å². The first kappa shape index (κ1) is 19.1. The van der Waals surface area contributed by atoms with Crippen LogP contribution >= 0.6 is 0 Å². The van der Waals surface area contributed by atoms with Crippen molar-refractivity contribution in [2.24, 2.45) is 5.92 Å². The van der Waals surface area contributed by atoms with E-state index in [4.69, 9.17) is 9.15 Å². The molecule has 0 spiro atoms. The molecule has 6 nitrogen and oxygen atoms in total. The van der Waals surface area contributed by atoms with Gasteiger partial charge < -0.3 is 19.2 Å². The maximum Gasteiger partial charge on any atom is 0.295 e. The average Bonchev–Trinajstić information content (AvgIpc) is 3.36. The Morgan fingerprint density at radius 3 is 2.62 bits per heavy atom. The van der Waals surface area contributed by atoms with Crippen LogP contribution in [0.3, 0.4) is 0 Å². The van der Waals surface area contributed by atoms with Crippen molar-refractivity contribution in [1.82, 2.24) is 4.90 Å². The average molecular weight is 393 g/mol. The lowest BCUT2D eigenvalue weighted by atomic mass is 9.83. The number of benzene rings is 1. The van der Waals surface area contributed by atoms with Gasteiger partial charge in [-0.15, -0.1) is 0 Å². The van der Waals surface area contributed by atoms with E-state index in [2.05, 4.69) is 12.2 Å². The molecule has 150 valence electrons. The summed E-state index contributed by atoms with van der Waals surface area (Å²) >= 11 is 0. The van der Waals surface area contributed by atoms with Crippen LogP contribution in [0.25, 0.3) is 5.76 Å². The molecule has 2 aromatic rings. The second kappa shape index (κ2) is 7.99. The summed E-state index contributed by atoms with van der Waals surface area (Å²) in [6.07, 6.45) is 8.21. The van der Waals surface area contributed by atoms with Gasteiger partial charge in [0.1, 0.15) is 17.3 Å². The van der Waals surface area contributed by atoms with Crippen LogP contribution in [0.2, 0.25) is 0 Å². The molecule has 2 heterocycles. The lowest BCUT2D eigenvalue weighted by Crippen LogP contribution is -2.39. The fraction of sp³-hybridized carbons (Fsp3) is 0.304. The Morgan fingerprint density at radius 2 is 2.00 bits per heavy atom. The zero-order valence-corrected chi connectivity index (χ0v) is 16.2. The Kier molecular flexibility index (Phi) is 5.25. The Morgan fingerprint density at radius 1 is 1.21 bits per heavy atom. The van der Waals surface area contributed by atoms with Crippen molar-refractivity contribution in [3.8, 4) is 5.75 Å². The highest BCUT2D eigenvalue weighted by atomic mass is 16.5. The zero-order chi connectivity index (χ0) is 20.4. The van der Waals surface area contributed by atoms with E-state index >= 15 is 0 Å². The molecule has 1 aliphatic carbocycles. The summed E-state index contributed by atoms with van der Waals surface area (Å²) < 4.78 is 10.6. The predicted octanol–water partition coefficient (Wildman–Crippen LogP) is 3.89. The van der Waals surface area contributed by atoms with Gasteiger partial charge in [0, 0.05) is 5.56 Å². The van der Waals surface area contributed by atoms with Crippen LogP contribution < -0.4 is 4.74 Å². The molecule has 1 aliphatic heterocycles. The van der Waals surface area contributed by atoms with Crippen LogP contribution in [-0.2, 0) is 16.1 Å². The summed E-state index contributed by atoms with van der Waals surface area (Å²) in [5.41, 5.74) is 0.658. The second-order valence-electron chi connectivity index (χ2n) is 7.32. The summed E-state index contributed by atoms with van der Waals surface area (Å²) in [5, 5.41) is 11.0. The maximum atomic E-state index is 13.0. The number of ether oxygens (including phenoxy) is 1. The van der Waals surface area contributed by atoms with Gasteiger partial charge in [-0.2, -0.15) is 0 Å². The third-order valence-corrected chi connectivity index (χ3v) is 5.61. The molecule has 6 heteroatoms. The molecule has 2 atom stereocenters. The van der Waals surface area contributed by atoms with E-state index in [-0.39, 0.29) is 23.8 Å². The van der Waals surface area contributed by atoms with Crippen molar-refractivity contribution >= 4 is 17.4 Å². The lowest BCUT2D eigenvalue weighted by molar-refractivity contribution is -0.140. The molecule has 0 radical (unpaired) electrons. The van der Waals surface area contributed by atoms with E-state index in [9.17, 15) is 14.7 Å². The first-order chi connectivity index (χ1) is 14.1. The highest BCUT2D eigenvalue weighted by Gasteiger charge is 2.48.